The van der Waals surface area contributed by atoms with Crippen LogP contribution >= 0.6 is 0 Å². The lowest BCUT2D eigenvalue weighted by Crippen LogP contribution is -2.31. The van der Waals surface area contributed by atoms with Gasteiger partial charge in [-0.05, 0) is 43.7 Å². The number of para-hydroxylation sites is 2. The van der Waals surface area contributed by atoms with Crippen LogP contribution in [-0.4, -0.2) is 12.5 Å². The van der Waals surface area contributed by atoms with E-state index in [1.807, 2.05) is 38.1 Å². The molecule has 0 radical (unpaired) electrons. The fourth-order valence-electron chi connectivity index (χ4n) is 2.09. The Morgan fingerprint density at radius 1 is 1.10 bits per heavy atom. The van der Waals surface area contributed by atoms with E-state index in [9.17, 15) is 4.79 Å². The Kier molecular flexibility index (Phi) is 3.94. The van der Waals surface area contributed by atoms with Crippen molar-refractivity contribution in [2.24, 2.45) is 0 Å². The summed E-state index contributed by atoms with van der Waals surface area (Å²) in [6.45, 7) is 4.37. The lowest BCUT2D eigenvalue weighted by Gasteiger charge is -2.23. The molecule has 0 saturated heterocycles. The molecule has 1 amide bonds. The fraction of sp³-hybridized carbons (Fsp3) is 0.188. The van der Waals surface area contributed by atoms with E-state index < -0.39 is 0 Å². The third-order valence-corrected chi connectivity index (χ3v) is 3.32. The molecule has 0 aliphatic rings. The lowest BCUT2D eigenvalue weighted by molar-refractivity contribution is 0.0988. The van der Waals surface area contributed by atoms with Crippen molar-refractivity contribution in [2.75, 3.05) is 22.9 Å². The number of amides is 1. The molecule has 0 atom stereocenters. The first kappa shape index (κ1) is 13.9. The summed E-state index contributed by atoms with van der Waals surface area (Å²) in [5.41, 5.74) is 15.3. The van der Waals surface area contributed by atoms with Crippen LogP contribution in [0.5, 0.6) is 0 Å². The van der Waals surface area contributed by atoms with E-state index in [1.165, 1.54) is 0 Å². The van der Waals surface area contributed by atoms with Gasteiger partial charge in [0.15, 0.2) is 0 Å². The molecule has 2 aromatic carbocycles. The second-order valence-electron chi connectivity index (χ2n) is 4.68. The third kappa shape index (κ3) is 2.59. The number of hydrogen-bond donors (Lipinski definition) is 2. The van der Waals surface area contributed by atoms with Gasteiger partial charge in [-0.3, -0.25) is 4.79 Å². The summed E-state index contributed by atoms with van der Waals surface area (Å²) in [5.74, 6) is -0.0999. The van der Waals surface area contributed by atoms with Gasteiger partial charge in [0.1, 0.15) is 0 Å². The van der Waals surface area contributed by atoms with E-state index in [1.54, 1.807) is 23.1 Å². The van der Waals surface area contributed by atoms with Gasteiger partial charge in [0.25, 0.3) is 5.91 Å². The van der Waals surface area contributed by atoms with Crippen LogP contribution in [0.25, 0.3) is 0 Å². The number of nitrogen functional groups attached to an aromatic ring is 2. The molecule has 0 heterocycles. The summed E-state index contributed by atoms with van der Waals surface area (Å²) in [7, 11) is 0. The molecule has 2 rings (SSSR count). The van der Waals surface area contributed by atoms with Gasteiger partial charge in [-0.1, -0.05) is 18.2 Å². The number of nitrogens with zero attached hydrogens (tertiary/aromatic N) is 1. The summed E-state index contributed by atoms with van der Waals surface area (Å²) in [6.07, 6.45) is 0. The van der Waals surface area contributed by atoms with E-state index >= 15 is 0 Å². The van der Waals surface area contributed by atoms with E-state index in [0.717, 1.165) is 11.3 Å². The van der Waals surface area contributed by atoms with E-state index in [0.29, 0.717) is 23.5 Å². The fourth-order valence-corrected chi connectivity index (χ4v) is 2.09. The van der Waals surface area contributed by atoms with Crippen molar-refractivity contribution in [2.45, 2.75) is 13.8 Å². The molecule has 0 aromatic heterocycles. The lowest BCUT2D eigenvalue weighted by atomic mass is 10.1. The highest BCUT2D eigenvalue weighted by Crippen LogP contribution is 2.25. The van der Waals surface area contributed by atoms with Crippen molar-refractivity contribution >= 4 is 23.0 Å². The molecular weight excluding hydrogens is 250 g/mol. The zero-order valence-electron chi connectivity index (χ0n) is 11.8. The quantitative estimate of drug-likeness (QED) is 0.841. The van der Waals surface area contributed by atoms with Gasteiger partial charge < -0.3 is 16.4 Å². The van der Waals surface area contributed by atoms with Crippen molar-refractivity contribution in [3.8, 4) is 0 Å². The smallest absolute Gasteiger partial charge is 0.258 e. The summed E-state index contributed by atoms with van der Waals surface area (Å²) in [5, 5.41) is 0. The Morgan fingerprint density at radius 3 is 2.40 bits per heavy atom. The maximum absolute atomic E-state index is 12.6. The Labute approximate surface area is 119 Å². The molecule has 0 spiro atoms. The first-order valence-electron chi connectivity index (χ1n) is 6.57. The van der Waals surface area contributed by atoms with Gasteiger partial charge in [0, 0.05) is 17.8 Å². The molecule has 20 heavy (non-hydrogen) atoms. The summed E-state index contributed by atoms with van der Waals surface area (Å²) in [6, 6.07) is 12.7. The average molecular weight is 269 g/mol. The highest BCUT2D eigenvalue weighted by atomic mass is 16.2. The highest BCUT2D eigenvalue weighted by Gasteiger charge is 2.18. The molecule has 2 aromatic rings. The van der Waals surface area contributed by atoms with E-state index in [-0.39, 0.29) is 5.91 Å². The molecule has 0 bridgehead atoms. The monoisotopic (exact) mass is 269 g/mol. The first-order valence-corrected chi connectivity index (χ1v) is 6.57. The highest BCUT2D eigenvalue weighted by molar-refractivity contribution is 6.08. The number of benzene rings is 2. The van der Waals surface area contributed by atoms with Gasteiger partial charge >= 0.3 is 0 Å². The molecule has 0 aliphatic carbocycles. The molecule has 0 unspecified atom stereocenters. The van der Waals surface area contributed by atoms with Crippen LogP contribution < -0.4 is 16.4 Å². The number of aryl methyl sites for hydroxylation is 1. The minimum absolute atomic E-state index is 0.0999. The number of carbonyl (C=O) groups is 1. The van der Waals surface area contributed by atoms with Crippen LogP contribution in [-0.2, 0) is 0 Å². The first-order chi connectivity index (χ1) is 9.54. The third-order valence-electron chi connectivity index (χ3n) is 3.32. The standard InChI is InChI=1S/C16H19N3O/c1-3-19(15-7-5-4-6-13(15)17)16(20)12-9-8-11(2)14(18)10-12/h4-10H,3,17-18H2,1-2H3. The predicted octanol–water partition coefficient (Wildman–Crippen LogP) is 2.83. The van der Waals surface area contributed by atoms with Crippen molar-refractivity contribution in [1.82, 2.24) is 0 Å². The zero-order chi connectivity index (χ0) is 14.7. The summed E-state index contributed by atoms with van der Waals surface area (Å²) >= 11 is 0. The topological polar surface area (TPSA) is 72.3 Å². The molecule has 4 N–H and O–H groups in total. The van der Waals surface area contributed by atoms with Crippen LogP contribution in [0.2, 0.25) is 0 Å². The maximum Gasteiger partial charge on any atom is 0.258 e. The van der Waals surface area contributed by atoms with Gasteiger partial charge in [0.05, 0.1) is 11.4 Å². The van der Waals surface area contributed by atoms with Gasteiger partial charge in [0.2, 0.25) is 0 Å². The van der Waals surface area contributed by atoms with Crippen LogP contribution in [0.3, 0.4) is 0 Å². The molecule has 4 nitrogen and oxygen atoms in total. The van der Waals surface area contributed by atoms with Crippen molar-refractivity contribution in [3.05, 3.63) is 53.6 Å². The molecule has 0 fully saturated rings. The number of hydrogen-bond acceptors (Lipinski definition) is 3. The Bertz CT molecular complexity index is 637. The maximum atomic E-state index is 12.6. The second-order valence-corrected chi connectivity index (χ2v) is 4.68. The molecular formula is C16H19N3O. The number of anilines is 3. The zero-order valence-corrected chi connectivity index (χ0v) is 11.8. The average Bonchev–Trinajstić information content (AvgIpc) is 2.44. The number of carbonyl (C=O) groups excluding carboxylic acids is 1. The molecule has 0 saturated carbocycles. The van der Waals surface area contributed by atoms with Crippen molar-refractivity contribution in [3.63, 3.8) is 0 Å². The minimum Gasteiger partial charge on any atom is -0.398 e. The molecule has 4 heteroatoms. The number of nitrogens with two attached hydrogens (primary N) is 2. The Hall–Kier alpha value is -2.49. The van der Waals surface area contributed by atoms with Gasteiger partial charge in [-0.25, -0.2) is 0 Å². The second kappa shape index (κ2) is 5.65. The molecule has 0 aliphatic heterocycles. The van der Waals surface area contributed by atoms with Gasteiger partial charge in [-0.2, -0.15) is 0 Å². The SMILES string of the molecule is CCN(C(=O)c1ccc(C)c(N)c1)c1ccccc1N. The minimum atomic E-state index is -0.0999. The number of rotatable bonds is 3. The van der Waals surface area contributed by atoms with Crippen molar-refractivity contribution < 1.29 is 4.79 Å². The predicted molar refractivity (Wildman–Crippen MR) is 83.8 cm³/mol. The van der Waals surface area contributed by atoms with Crippen LogP contribution in [0, 0.1) is 6.92 Å². The summed E-state index contributed by atoms with van der Waals surface area (Å²) < 4.78 is 0. The van der Waals surface area contributed by atoms with Crippen LogP contribution in [0.15, 0.2) is 42.5 Å². The normalized spacial score (nSPS) is 10.3. The molecule has 104 valence electrons. The van der Waals surface area contributed by atoms with E-state index in [4.69, 9.17) is 11.5 Å². The van der Waals surface area contributed by atoms with E-state index in [2.05, 4.69) is 0 Å². The largest absolute Gasteiger partial charge is 0.398 e. The van der Waals surface area contributed by atoms with Crippen LogP contribution in [0.4, 0.5) is 17.1 Å². The summed E-state index contributed by atoms with van der Waals surface area (Å²) in [4.78, 5) is 14.3. The van der Waals surface area contributed by atoms with Crippen LogP contribution in [0.1, 0.15) is 22.8 Å². The Balaban J connectivity index is 2.39. The van der Waals surface area contributed by atoms with Gasteiger partial charge in [-0.15, -0.1) is 0 Å². The van der Waals surface area contributed by atoms with Crippen molar-refractivity contribution in [1.29, 1.82) is 0 Å². The Morgan fingerprint density at radius 2 is 1.80 bits per heavy atom.